The van der Waals surface area contributed by atoms with Gasteiger partial charge in [0.1, 0.15) is 5.75 Å². The first-order valence-corrected chi connectivity index (χ1v) is 8.78. The number of halogens is 1. The number of nitrogens with one attached hydrogen (secondary N) is 1. The van der Waals surface area contributed by atoms with Crippen LogP contribution in [0.4, 0.5) is 0 Å². The maximum Gasteiger partial charge on any atom is 0.127 e. The molecule has 1 saturated carbocycles. The van der Waals surface area contributed by atoms with Crippen molar-refractivity contribution in [3.05, 3.63) is 28.3 Å². The van der Waals surface area contributed by atoms with Gasteiger partial charge in [-0.1, -0.05) is 50.1 Å². The fourth-order valence-corrected chi connectivity index (χ4v) is 4.14. The first-order chi connectivity index (χ1) is 10.3. The molecule has 2 aliphatic rings. The van der Waals surface area contributed by atoms with Crippen molar-refractivity contribution < 1.29 is 4.74 Å². The molecule has 1 aromatic rings. The first kappa shape index (κ1) is 15.2. The van der Waals surface area contributed by atoms with Gasteiger partial charge in [0.25, 0.3) is 0 Å². The van der Waals surface area contributed by atoms with E-state index in [-0.39, 0.29) is 0 Å². The largest absolute Gasteiger partial charge is 0.493 e. The zero-order valence-electron chi connectivity index (χ0n) is 13.0. The molecule has 0 spiro atoms. The van der Waals surface area contributed by atoms with E-state index in [4.69, 9.17) is 16.3 Å². The fourth-order valence-electron chi connectivity index (χ4n) is 3.89. The molecule has 1 fully saturated rings. The van der Waals surface area contributed by atoms with E-state index >= 15 is 0 Å². The smallest absolute Gasteiger partial charge is 0.127 e. The number of ether oxygens (including phenoxy) is 1. The molecule has 3 rings (SSSR count). The van der Waals surface area contributed by atoms with E-state index < -0.39 is 0 Å². The predicted octanol–water partition coefficient (Wildman–Crippen LogP) is 4.90. The van der Waals surface area contributed by atoms with Crippen LogP contribution in [0.3, 0.4) is 0 Å². The van der Waals surface area contributed by atoms with Gasteiger partial charge in [0.05, 0.1) is 6.61 Å². The van der Waals surface area contributed by atoms with Crippen LogP contribution in [0.25, 0.3) is 0 Å². The minimum Gasteiger partial charge on any atom is -0.493 e. The Labute approximate surface area is 133 Å². The molecule has 1 heterocycles. The SMILES string of the molecule is CNC(CC1CCCCCC1)c1cc(Cl)cc2c1OCC2. The van der Waals surface area contributed by atoms with E-state index in [1.54, 1.807) is 0 Å². The van der Waals surface area contributed by atoms with Gasteiger partial charge in [-0.15, -0.1) is 0 Å². The lowest BCUT2D eigenvalue weighted by molar-refractivity contribution is 0.333. The van der Waals surface area contributed by atoms with Crippen LogP contribution in [0.15, 0.2) is 12.1 Å². The van der Waals surface area contributed by atoms with Gasteiger partial charge in [0.15, 0.2) is 0 Å². The normalized spacial score (nSPS) is 20.7. The van der Waals surface area contributed by atoms with Gasteiger partial charge in [-0.05, 0) is 37.1 Å². The second-order valence-electron chi connectivity index (χ2n) is 6.52. The van der Waals surface area contributed by atoms with Gasteiger partial charge < -0.3 is 10.1 Å². The Hall–Kier alpha value is -0.730. The molecule has 1 unspecified atom stereocenters. The monoisotopic (exact) mass is 307 g/mol. The molecule has 1 aliphatic heterocycles. The highest BCUT2D eigenvalue weighted by molar-refractivity contribution is 6.30. The third-order valence-electron chi connectivity index (χ3n) is 5.04. The number of fused-ring (bicyclic) bond motifs is 1. The van der Waals surface area contributed by atoms with Crippen molar-refractivity contribution in [2.24, 2.45) is 5.92 Å². The minimum atomic E-state index is 0.360. The topological polar surface area (TPSA) is 21.3 Å². The van der Waals surface area contributed by atoms with Crippen molar-refractivity contribution in [3.63, 3.8) is 0 Å². The minimum absolute atomic E-state index is 0.360. The highest BCUT2D eigenvalue weighted by Crippen LogP contribution is 2.39. The molecule has 1 atom stereocenters. The van der Waals surface area contributed by atoms with E-state index in [2.05, 4.69) is 24.5 Å². The Morgan fingerprint density at radius 1 is 1.24 bits per heavy atom. The third kappa shape index (κ3) is 3.54. The Kier molecular flexibility index (Phi) is 5.07. The lowest BCUT2D eigenvalue weighted by atomic mass is 9.88. The fraction of sp³-hybridized carbons (Fsp3) is 0.667. The van der Waals surface area contributed by atoms with Gasteiger partial charge in [-0.2, -0.15) is 0 Å². The highest BCUT2D eigenvalue weighted by atomic mass is 35.5. The molecule has 0 bridgehead atoms. The van der Waals surface area contributed by atoms with Crippen LogP contribution in [0.1, 0.15) is 62.1 Å². The first-order valence-electron chi connectivity index (χ1n) is 8.40. The van der Waals surface area contributed by atoms with Crippen LogP contribution >= 0.6 is 11.6 Å². The summed E-state index contributed by atoms with van der Waals surface area (Å²) in [4.78, 5) is 0. The molecule has 0 saturated heterocycles. The molecule has 0 radical (unpaired) electrons. The van der Waals surface area contributed by atoms with Gasteiger partial charge in [0.2, 0.25) is 0 Å². The Balaban J connectivity index is 1.79. The molecular weight excluding hydrogens is 282 g/mol. The van der Waals surface area contributed by atoms with E-state index in [0.717, 1.165) is 29.7 Å². The van der Waals surface area contributed by atoms with Gasteiger partial charge in [-0.3, -0.25) is 0 Å². The van der Waals surface area contributed by atoms with Crippen molar-refractivity contribution in [1.29, 1.82) is 0 Å². The zero-order chi connectivity index (χ0) is 14.7. The summed E-state index contributed by atoms with van der Waals surface area (Å²) in [5, 5.41) is 4.35. The number of benzene rings is 1. The molecule has 3 heteroatoms. The van der Waals surface area contributed by atoms with Crippen molar-refractivity contribution in [3.8, 4) is 5.75 Å². The number of rotatable bonds is 4. The van der Waals surface area contributed by atoms with E-state index in [0.29, 0.717) is 6.04 Å². The van der Waals surface area contributed by atoms with Crippen molar-refractivity contribution in [2.45, 2.75) is 57.4 Å². The molecular formula is C18H26ClNO. The molecule has 21 heavy (non-hydrogen) atoms. The van der Waals surface area contributed by atoms with Gasteiger partial charge in [0, 0.05) is 23.0 Å². The summed E-state index contributed by atoms with van der Waals surface area (Å²) in [7, 11) is 2.06. The van der Waals surface area contributed by atoms with Crippen LogP contribution in [0.5, 0.6) is 5.75 Å². The van der Waals surface area contributed by atoms with Crippen molar-refractivity contribution >= 4 is 11.6 Å². The predicted molar refractivity (Wildman–Crippen MR) is 88.3 cm³/mol. The summed E-state index contributed by atoms with van der Waals surface area (Å²) < 4.78 is 5.88. The van der Waals surface area contributed by atoms with Gasteiger partial charge >= 0.3 is 0 Å². The van der Waals surface area contributed by atoms with Gasteiger partial charge in [-0.25, -0.2) is 0 Å². The second-order valence-corrected chi connectivity index (χ2v) is 6.95. The summed E-state index contributed by atoms with van der Waals surface area (Å²) in [6.07, 6.45) is 10.6. The van der Waals surface area contributed by atoms with Crippen LogP contribution < -0.4 is 10.1 Å². The van der Waals surface area contributed by atoms with E-state index in [1.165, 1.54) is 56.1 Å². The summed E-state index contributed by atoms with van der Waals surface area (Å²) >= 11 is 6.32. The average molecular weight is 308 g/mol. The summed E-state index contributed by atoms with van der Waals surface area (Å²) in [6, 6.07) is 4.52. The Morgan fingerprint density at radius 3 is 2.71 bits per heavy atom. The molecule has 1 N–H and O–H groups in total. The quantitative estimate of drug-likeness (QED) is 0.799. The van der Waals surface area contributed by atoms with Crippen LogP contribution in [0.2, 0.25) is 5.02 Å². The molecule has 0 amide bonds. The number of hydrogen-bond acceptors (Lipinski definition) is 2. The molecule has 0 aromatic heterocycles. The van der Waals surface area contributed by atoms with Crippen LogP contribution in [-0.2, 0) is 6.42 Å². The highest BCUT2D eigenvalue weighted by Gasteiger charge is 2.25. The maximum atomic E-state index is 6.32. The Morgan fingerprint density at radius 2 is 2.00 bits per heavy atom. The molecule has 2 nitrogen and oxygen atoms in total. The van der Waals surface area contributed by atoms with Crippen molar-refractivity contribution in [2.75, 3.05) is 13.7 Å². The summed E-state index contributed by atoms with van der Waals surface area (Å²) in [5.74, 6) is 1.92. The second kappa shape index (κ2) is 7.02. The summed E-state index contributed by atoms with van der Waals surface area (Å²) in [5.41, 5.74) is 2.54. The van der Waals surface area contributed by atoms with E-state index in [1.807, 2.05) is 0 Å². The van der Waals surface area contributed by atoms with E-state index in [9.17, 15) is 0 Å². The Bertz CT molecular complexity index is 480. The standard InChI is InChI=1S/C18H26ClNO/c1-20-17(10-13-6-4-2-3-5-7-13)16-12-15(19)11-14-8-9-21-18(14)16/h11-13,17,20H,2-10H2,1H3. The molecule has 1 aliphatic carbocycles. The zero-order valence-corrected chi connectivity index (χ0v) is 13.7. The van der Waals surface area contributed by atoms with Crippen LogP contribution in [-0.4, -0.2) is 13.7 Å². The number of hydrogen-bond donors (Lipinski definition) is 1. The lowest BCUT2D eigenvalue weighted by Crippen LogP contribution is -2.20. The molecule has 1 aromatic carbocycles. The third-order valence-corrected chi connectivity index (χ3v) is 5.26. The van der Waals surface area contributed by atoms with Crippen molar-refractivity contribution in [1.82, 2.24) is 5.32 Å². The lowest BCUT2D eigenvalue weighted by Gasteiger charge is -2.24. The van der Waals surface area contributed by atoms with Crippen LogP contribution in [0, 0.1) is 5.92 Å². The summed E-state index contributed by atoms with van der Waals surface area (Å²) in [6.45, 7) is 0.794. The average Bonchev–Trinajstić information content (AvgIpc) is 2.79. The maximum absolute atomic E-state index is 6.32. The molecule has 116 valence electrons.